The Balaban J connectivity index is 1.56. The number of piperazine rings is 1. The molecular formula is C35H35F3N4O3S. The predicted molar refractivity (Wildman–Crippen MR) is 175 cm³/mol. The zero-order chi connectivity index (χ0) is 32.7. The van der Waals surface area contributed by atoms with Crippen LogP contribution >= 0.6 is 11.3 Å². The Kier molecular flexibility index (Phi) is 8.64. The van der Waals surface area contributed by atoms with E-state index in [1.54, 1.807) is 29.2 Å². The number of allylic oxidation sites excluding steroid dienone is 1. The summed E-state index contributed by atoms with van der Waals surface area (Å²) in [5.74, 6) is 0.402. The van der Waals surface area contributed by atoms with E-state index in [2.05, 4.69) is 5.32 Å². The third kappa shape index (κ3) is 6.13. The second-order valence-electron chi connectivity index (χ2n) is 12.0. The van der Waals surface area contributed by atoms with E-state index in [9.17, 15) is 22.8 Å². The third-order valence-corrected chi connectivity index (χ3v) is 9.43. The molecule has 0 unspecified atom stereocenters. The molecule has 2 aliphatic heterocycles. The van der Waals surface area contributed by atoms with Crippen molar-refractivity contribution < 1.29 is 22.7 Å². The average Bonchev–Trinajstić information content (AvgIpc) is 3.66. The van der Waals surface area contributed by atoms with Crippen molar-refractivity contribution in [1.82, 2.24) is 19.8 Å². The number of hydrogen-bond donors (Lipinski definition) is 1. The molecule has 7 nitrogen and oxygen atoms in total. The molecule has 2 saturated heterocycles. The number of pyridine rings is 1. The maximum atomic E-state index is 14.6. The van der Waals surface area contributed by atoms with E-state index in [0.717, 1.165) is 36.1 Å². The van der Waals surface area contributed by atoms with E-state index >= 15 is 0 Å². The predicted octanol–water partition coefficient (Wildman–Crippen LogP) is 7.22. The molecule has 240 valence electrons. The molecule has 0 radical (unpaired) electrons. The van der Waals surface area contributed by atoms with Gasteiger partial charge in [-0.1, -0.05) is 30.7 Å². The zero-order valence-electron chi connectivity index (χ0n) is 26.1. The van der Waals surface area contributed by atoms with Crippen LogP contribution in [-0.2, 0) is 12.6 Å². The molecule has 1 amide bonds. The number of methoxy groups -OCH3 is 1. The van der Waals surface area contributed by atoms with Crippen molar-refractivity contribution >= 4 is 23.3 Å². The molecule has 0 aliphatic carbocycles. The smallest absolute Gasteiger partial charge is 0.416 e. The van der Waals surface area contributed by atoms with Gasteiger partial charge >= 0.3 is 6.18 Å². The molecule has 2 aromatic heterocycles. The fourth-order valence-corrected chi connectivity index (χ4v) is 7.12. The summed E-state index contributed by atoms with van der Waals surface area (Å²) in [5.41, 5.74) is 3.33. The van der Waals surface area contributed by atoms with E-state index in [1.807, 2.05) is 43.9 Å². The first-order valence-corrected chi connectivity index (χ1v) is 16.2. The van der Waals surface area contributed by atoms with Crippen LogP contribution in [0.2, 0.25) is 0 Å². The van der Waals surface area contributed by atoms with Gasteiger partial charge in [-0.25, -0.2) is 4.98 Å². The summed E-state index contributed by atoms with van der Waals surface area (Å²) in [6.07, 6.45) is 0.0624. The van der Waals surface area contributed by atoms with Crippen molar-refractivity contribution in [3.8, 4) is 33.3 Å². The van der Waals surface area contributed by atoms with Crippen LogP contribution in [0.5, 0.6) is 5.75 Å². The molecule has 2 aromatic carbocycles. The van der Waals surface area contributed by atoms with Gasteiger partial charge < -0.3 is 15.0 Å². The Labute approximate surface area is 269 Å². The lowest BCUT2D eigenvalue weighted by atomic mass is 10.0. The molecule has 2 bridgehead atoms. The third-order valence-electron chi connectivity index (χ3n) is 8.56. The number of aromatic nitrogens is 2. The number of fused-ring (bicyclic) bond motifs is 2. The largest absolute Gasteiger partial charge is 0.497 e. The number of amides is 1. The highest BCUT2D eigenvalue weighted by atomic mass is 32.1. The van der Waals surface area contributed by atoms with E-state index in [1.165, 1.54) is 23.5 Å². The monoisotopic (exact) mass is 648 g/mol. The van der Waals surface area contributed by atoms with Crippen molar-refractivity contribution in [2.75, 3.05) is 20.2 Å². The fraction of sp³-hybridized carbons (Fsp3) is 0.343. The first-order valence-electron chi connectivity index (χ1n) is 15.3. The molecule has 6 rings (SSSR count). The number of benzene rings is 2. The summed E-state index contributed by atoms with van der Waals surface area (Å²) in [5, 5.41) is 5.65. The minimum atomic E-state index is -4.45. The highest BCUT2D eigenvalue weighted by Crippen LogP contribution is 2.34. The molecule has 0 saturated carbocycles. The van der Waals surface area contributed by atoms with Gasteiger partial charge in [-0.05, 0) is 69.0 Å². The SMILES string of the molecule is CCc1ccc(OC)cc1-n1c(C=C(C)C)c(C(=O)N2C[C@H]3CC[C@@H](C2)N3)cc(-c2nc(-c3ccc(C(F)(F)F)cc3)cs2)c1=O. The van der Waals surface area contributed by atoms with Crippen LogP contribution < -0.4 is 15.6 Å². The maximum absolute atomic E-state index is 14.6. The number of carbonyl (C=O) groups is 1. The number of nitrogens with one attached hydrogen (secondary N) is 1. The van der Waals surface area contributed by atoms with Crippen LogP contribution in [-0.4, -0.2) is 52.6 Å². The summed E-state index contributed by atoms with van der Waals surface area (Å²) in [7, 11) is 1.56. The van der Waals surface area contributed by atoms with Gasteiger partial charge in [0.2, 0.25) is 0 Å². The molecule has 4 aromatic rings. The van der Waals surface area contributed by atoms with Gasteiger partial charge in [0.25, 0.3) is 11.5 Å². The second kappa shape index (κ2) is 12.5. The van der Waals surface area contributed by atoms with Crippen LogP contribution in [0.25, 0.3) is 33.6 Å². The van der Waals surface area contributed by atoms with Crippen molar-refractivity contribution in [2.45, 2.75) is 58.3 Å². The van der Waals surface area contributed by atoms with E-state index < -0.39 is 11.7 Å². The summed E-state index contributed by atoms with van der Waals surface area (Å²) in [6.45, 7) is 7.00. The van der Waals surface area contributed by atoms with Gasteiger partial charge in [0, 0.05) is 42.2 Å². The van der Waals surface area contributed by atoms with Crippen LogP contribution in [0.3, 0.4) is 0 Å². The summed E-state index contributed by atoms with van der Waals surface area (Å²) in [4.78, 5) is 35.6. The minimum absolute atomic E-state index is 0.165. The number of carbonyl (C=O) groups excluding carboxylic acids is 1. The topological polar surface area (TPSA) is 76.5 Å². The number of nitrogens with zero attached hydrogens (tertiary/aromatic N) is 3. The van der Waals surface area contributed by atoms with Crippen molar-refractivity contribution in [3.05, 3.63) is 92.2 Å². The Morgan fingerprint density at radius 1 is 1.09 bits per heavy atom. The Morgan fingerprint density at radius 3 is 2.39 bits per heavy atom. The van der Waals surface area contributed by atoms with Gasteiger partial charge in [-0.3, -0.25) is 14.2 Å². The van der Waals surface area contributed by atoms with E-state index in [-0.39, 0.29) is 29.1 Å². The summed E-state index contributed by atoms with van der Waals surface area (Å²) in [6, 6.07) is 12.4. The molecule has 2 aliphatic rings. The van der Waals surface area contributed by atoms with Crippen LogP contribution in [0, 0.1) is 0 Å². The van der Waals surface area contributed by atoms with Crippen molar-refractivity contribution in [3.63, 3.8) is 0 Å². The molecule has 46 heavy (non-hydrogen) atoms. The minimum Gasteiger partial charge on any atom is -0.497 e. The molecular weight excluding hydrogens is 613 g/mol. The first kappa shape index (κ1) is 31.7. The Bertz CT molecular complexity index is 1860. The average molecular weight is 649 g/mol. The molecule has 11 heteroatoms. The summed E-state index contributed by atoms with van der Waals surface area (Å²) < 4.78 is 46.6. The quantitative estimate of drug-likeness (QED) is 0.229. The number of thiazole rings is 1. The number of likely N-dealkylation sites (tertiary alicyclic amines) is 1. The molecule has 0 spiro atoms. The number of alkyl halides is 3. The van der Waals surface area contributed by atoms with Gasteiger partial charge in [-0.2, -0.15) is 13.2 Å². The summed E-state index contributed by atoms with van der Waals surface area (Å²) >= 11 is 1.21. The fourth-order valence-electron chi connectivity index (χ4n) is 6.28. The molecule has 1 N–H and O–H groups in total. The normalized spacial score (nSPS) is 17.7. The maximum Gasteiger partial charge on any atom is 0.416 e. The molecule has 2 atom stereocenters. The van der Waals surface area contributed by atoms with Gasteiger partial charge in [0.15, 0.2) is 0 Å². The highest BCUT2D eigenvalue weighted by molar-refractivity contribution is 7.13. The lowest BCUT2D eigenvalue weighted by molar-refractivity contribution is -0.137. The Morgan fingerprint density at radius 2 is 1.78 bits per heavy atom. The van der Waals surface area contributed by atoms with Gasteiger partial charge in [0.05, 0.1) is 40.9 Å². The van der Waals surface area contributed by atoms with E-state index in [0.29, 0.717) is 58.5 Å². The standard InChI is InChI=1S/C35H35F3N4O3S/c1-5-21-8-13-26(45-4)15-30(21)42-31(14-20(2)3)27(33(43)41-17-24-11-12-25(18-41)39-24)16-28(34(42)44)32-40-29(19-46-32)22-6-9-23(10-7-22)35(36,37)38/h6-10,13-16,19,24-25,39H,5,11-12,17-18H2,1-4H3/t24-,25+. The number of hydrogen-bond acceptors (Lipinski definition) is 6. The number of halogens is 3. The van der Waals surface area contributed by atoms with E-state index in [4.69, 9.17) is 9.72 Å². The lowest BCUT2D eigenvalue weighted by Gasteiger charge is -2.33. The van der Waals surface area contributed by atoms with Crippen molar-refractivity contribution in [2.24, 2.45) is 0 Å². The van der Waals surface area contributed by atoms with Crippen LogP contribution in [0.1, 0.15) is 60.8 Å². The van der Waals surface area contributed by atoms with Gasteiger partial charge in [0.1, 0.15) is 10.8 Å². The number of ether oxygens (including phenoxy) is 1. The Hall–Kier alpha value is -4.22. The number of aryl methyl sites for hydroxylation is 1. The second-order valence-corrected chi connectivity index (χ2v) is 12.9. The number of rotatable bonds is 7. The molecule has 4 heterocycles. The molecule has 2 fully saturated rings. The van der Waals surface area contributed by atoms with Crippen molar-refractivity contribution in [1.29, 1.82) is 0 Å². The lowest BCUT2D eigenvalue weighted by Crippen LogP contribution is -2.53. The highest BCUT2D eigenvalue weighted by Gasteiger charge is 2.36. The van der Waals surface area contributed by atoms with Crippen LogP contribution in [0.4, 0.5) is 13.2 Å². The van der Waals surface area contributed by atoms with Gasteiger partial charge in [-0.15, -0.1) is 11.3 Å². The zero-order valence-corrected chi connectivity index (χ0v) is 26.9. The van der Waals surface area contributed by atoms with Crippen LogP contribution in [0.15, 0.2) is 64.3 Å². The first-order chi connectivity index (χ1) is 22.0.